The molecule has 2 rings (SSSR count). The maximum Gasteiger partial charge on any atom is 0.335 e. The van der Waals surface area contributed by atoms with E-state index in [1.165, 1.54) is 17.8 Å². The maximum atomic E-state index is 11.2. The molecule has 0 aromatic carbocycles. The van der Waals surface area contributed by atoms with Gasteiger partial charge in [0, 0.05) is 5.69 Å². The van der Waals surface area contributed by atoms with Crippen molar-refractivity contribution in [3.05, 3.63) is 34.8 Å². The van der Waals surface area contributed by atoms with Crippen LogP contribution in [0.5, 0.6) is 0 Å². The molecule has 0 aliphatic heterocycles. The van der Waals surface area contributed by atoms with Crippen molar-refractivity contribution in [3.63, 3.8) is 0 Å². The van der Waals surface area contributed by atoms with Crippen molar-refractivity contribution < 1.29 is 14.3 Å². The van der Waals surface area contributed by atoms with E-state index in [1.54, 1.807) is 6.07 Å². The minimum absolute atomic E-state index is 0.154. The first kappa shape index (κ1) is 14.6. The van der Waals surface area contributed by atoms with E-state index in [-0.39, 0.29) is 11.5 Å². The van der Waals surface area contributed by atoms with Crippen LogP contribution < -0.4 is 0 Å². The molecule has 5 nitrogen and oxygen atoms in total. The molecule has 0 saturated heterocycles. The first-order chi connectivity index (χ1) is 9.36. The van der Waals surface area contributed by atoms with E-state index in [4.69, 9.17) is 9.52 Å². The van der Waals surface area contributed by atoms with Gasteiger partial charge in [0.2, 0.25) is 0 Å². The van der Waals surface area contributed by atoms with Gasteiger partial charge in [-0.1, -0.05) is 13.8 Å². The zero-order valence-electron chi connectivity index (χ0n) is 11.8. The zero-order chi connectivity index (χ0) is 14.9. The van der Waals surface area contributed by atoms with Crippen LogP contribution >= 0.6 is 11.8 Å². The monoisotopic (exact) mass is 292 g/mol. The molecule has 1 N–H and O–H groups in total. The van der Waals surface area contributed by atoms with Crippen LogP contribution in [0.25, 0.3) is 0 Å². The van der Waals surface area contributed by atoms with Crippen LogP contribution in [0.4, 0.5) is 0 Å². The fourth-order valence-electron chi connectivity index (χ4n) is 1.57. The van der Waals surface area contributed by atoms with Crippen molar-refractivity contribution in [2.24, 2.45) is 0 Å². The van der Waals surface area contributed by atoms with Gasteiger partial charge in [0.15, 0.2) is 0 Å². The summed E-state index contributed by atoms with van der Waals surface area (Å²) in [6.07, 6.45) is 0. The molecule has 6 heteroatoms. The second kappa shape index (κ2) is 5.66. The van der Waals surface area contributed by atoms with Crippen LogP contribution in [0.15, 0.2) is 26.8 Å². The normalized spacial score (nSPS) is 11.1. The summed E-state index contributed by atoms with van der Waals surface area (Å²) in [6.45, 7) is 7.65. The van der Waals surface area contributed by atoms with E-state index in [0.717, 1.165) is 17.1 Å². The Labute approximate surface area is 121 Å². The number of nitrogens with zero attached hydrogens (tertiary/aromatic N) is 2. The maximum absolute atomic E-state index is 11.2. The van der Waals surface area contributed by atoms with Crippen LogP contribution in [0.3, 0.4) is 0 Å². The Bertz CT molecular complexity index is 630. The van der Waals surface area contributed by atoms with Crippen molar-refractivity contribution in [1.29, 1.82) is 0 Å². The first-order valence-corrected chi connectivity index (χ1v) is 7.05. The minimum Gasteiger partial charge on any atom is -0.478 e. The Morgan fingerprint density at radius 3 is 2.50 bits per heavy atom. The van der Waals surface area contributed by atoms with Gasteiger partial charge in [-0.2, -0.15) is 0 Å². The SMILES string of the molecule is Cc1nc(Sc2cc(C(=O)O)cc(C(C)C)n2)oc1C. The van der Waals surface area contributed by atoms with Gasteiger partial charge >= 0.3 is 5.97 Å². The van der Waals surface area contributed by atoms with Crippen molar-refractivity contribution in [2.75, 3.05) is 0 Å². The summed E-state index contributed by atoms with van der Waals surface area (Å²) in [5, 5.41) is 10.2. The van der Waals surface area contributed by atoms with Gasteiger partial charge in [-0.15, -0.1) is 0 Å². The number of hydrogen-bond acceptors (Lipinski definition) is 5. The summed E-state index contributed by atoms with van der Waals surface area (Å²) in [5.74, 6) is -0.0523. The summed E-state index contributed by atoms with van der Waals surface area (Å²) in [6, 6.07) is 3.14. The third kappa shape index (κ3) is 3.19. The molecule has 2 aromatic heterocycles. The number of carboxylic acid groups (broad SMARTS) is 1. The summed E-state index contributed by atoms with van der Waals surface area (Å²) < 4.78 is 5.48. The van der Waals surface area contributed by atoms with Gasteiger partial charge in [0.1, 0.15) is 10.8 Å². The molecular formula is C14H16N2O3S. The molecule has 0 bridgehead atoms. The van der Waals surface area contributed by atoms with Gasteiger partial charge < -0.3 is 9.52 Å². The fourth-order valence-corrected chi connectivity index (χ4v) is 2.44. The number of oxazole rings is 1. The van der Waals surface area contributed by atoms with Crippen LogP contribution in [0, 0.1) is 13.8 Å². The second-order valence-electron chi connectivity index (χ2n) is 4.80. The molecule has 0 saturated carbocycles. The van der Waals surface area contributed by atoms with Crippen LogP contribution in [-0.2, 0) is 0 Å². The van der Waals surface area contributed by atoms with Gasteiger partial charge in [0.25, 0.3) is 5.22 Å². The number of aryl methyl sites for hydroxylation is 2. The van der Waals surface area contributed by atoms with Crippen molar-refractivity contribution >= 4 is 17.7 Å². The molecular weight excluding hydrogens is 276 g/mol. The predicted octanol–water partition coefficient (Wildman–Crippen LogP) is 3.66. The highest BCUT2D eigenvalue weighted by molar-refractivity contribution is 7.99. The minimum atomic E-state index is -0.962. The number of pyridine rings is 1. The van der Waals surface area contributed by atoms with E-state index >= 15 is 0 Å². The van der Waals surface area contributed by atoms with Gasteiger partial charge in [-0.05, 0) is 43.7 Å². The lowest BCUT2D eigenvalue weighted by molar-refractivity contribution is 0.0696. The first-order valence-electron chi connectivity index (χ1n) is 6.24. The standard InChI is InChI=1S/C14H16N2O3S/c1-7(2)11-5-10(13(17)18)6-12(16-11)20-14-15-8(3)9(4)19-14/h5-7H,1-4H3,(H,17,18). The third-order valence-corrected chi connectivity index (χ3v) is 3.63. The molecule has 0 spiro atoms. The molecule has 0 radical (unpaired) electrons. The lowest BCUT2D eigenvalue weighted by atomic mass is 10.1. The second-order valence-corrected chi connectivity index (χ2v) is 5.77. The smallest absolute Gasteiger partial charge is 0.335 e. The number of carboxylic acids is 1. The highest BCUT2D eigenvalue weighted by atomic mass is 32.2. The van der Waals surface area contributed by atoms with E-state index in [9.17, 15) is 4.79 Å². The Balaban J connectivity index is 2.37. The quantitative estimate of drug-likeness (QED) is 0.926. The largest absolute Gasteiger partial charge is 0.478 e. The van der Waals surface area contributed by atoms with E-state index in [1.807, 2.05) is 27.7 Å². The van der Waals surface area contributed by atoms with Crippen molar-refractivity contribution in [2.45, 2.75) is 43.9 Å². The topological polar surface area (TPSA) is 76.2 Å². The molecule has 106 valence electrons. The van der Waals surface area contributed by atoms with Crippen LogP contribution in [-0.4, -0.2) is 21.0 Å². The lowest BCUT2D eigenvalue weighted by Crippen LogP contribution is -2.02. The Hall–Kier alpha value is -1.82. The predicted molar refractivity (Wildman–Crippen MR) is 75.4 cm³/mol. The molecule has 0 amide bonds. The Morgan fingerprint density at radius 2 is 2.00 bits per heavy atom. The lowest BCUT2D eigenvalue weighted by Gasteiger charge is -2.07. The molecule has 0 aliphatic rings. The molecule has 2 heterocycles. The van der Waals surface area contributed by atoms with E-state index < -0.39 is 5.97 Å². The van der Waals surface area contributed by atoms with Gasteiger partial charge in [0.05, 0.1) is 11.3 Å². The molecule has 0 fully saturated rings. The fraction of sp³-hybridized carbons (Fsp3) is 0.357. The Morgan fingerprint density at radius 1 is 1.30 bits per heavy atom. The molecule has 2 aromatic rings. The third-order valence-electron chi connectivity index (χ3n) is 2.86. The molecule has 0 atom stereocenters. The van der Waals surface area contributed by atoms with Crippen molar-refractivity contribution in [3.8, 4) is 0 Å². The zero-order valence-corrected chi connectivity index (χ0v) is 12.6. The summed E-state index contributed by atoms with van der Waals surface area (Å²) in [5.41, 5.74) is 1.80. The number of carbonyl (C=O) groups is 1. The summed E-state index contributed by atoms with van der Waals surface area (Å²) >= 11 is 1.23. The average Bonchev–Trinajstić information content (AvgIpc) is 2.67. The van der Waals surface area contributed by atoms with Crippen LogP contribution in [0.2, 0.25) is 0 Å². The Kier molecular flexibility index (Phi) is 4.13. The number of rotatable bonds is 4. The number of hydrogen-bond donors (Lipinski definition) is 1. The summed E-state index contributed by atoms with van der Waals surface area (Å²) in [4.78, 5) is 19.9. The van der Waals surface area contributed by atoms with E-state index in [0.29, 0.717) is 10.2 Å². The molecule has 20 heavy (non-hydrogen) atoms. The molecule has 0 unspecified atom stereocenters. The summed E-state index contributed by atoms with van der Waals surface area (Å²) in [7, 11) is 0. The number of aromatic carboxylic acids is 1. The average molecular weight is 292 g/mol. The highest BCUT2D eigenvalue weighted by Crippen LogP contribution is 2.29. The molecule has 0 aliphatic carbocycles. The number of aromatic nitrogens is 2. The van der Waals surface area contributed by atoms with Crippen molar-refractivity contribution in [1.82, 2.24) is 9.97 Å². The van der Waals surface area contributed by atoms with Crippen LogP contribution in [0.1, 0.15) is 47.3 Å². The van der Waals surface area contributed by atoms with Gasteiger partial charge in [-0.3, -0.25) is 0 Å². The van der Waals surface area contributed by atoms with Gasteiger partial charge in [-0.25, -0.2) is 14.8 Å². The van der Waals surface area contributed by atoms with E-state index in [2.05, 4.69) is 9.97 Å². The highest BCUT2D eigenvalue weighted by Gasteiger charge is 2.14.